The van der Waals surface area contributed by atoms with Gasteiger partial charge in [0.1, 0.15) is 6.04 Å². The van der Waals surface area contributed by atoms with E-state index in [0.717, 1.165) is 12.8 Å². The summed E-state index contributed by atoms with van der Waals surface area (Å²) in [6.45, 7) is 0.565. The third-order valence-corrected chi connectivity index (χ3v) is 1.46. The van der Waals surface area contributed by atoms with Gasteiger partial charge in [0.05, 0.1) is 0 Å². The predicted octanol–water partition coefficient (Wildman–Crippen LogP) is -1.04. The van der Waals surface area contributed by atoms with E-state index in [-0.39, 0.29) is 0 Å². The van der Waals surface area contributed by atoms with Crippen LogP contribution in [0.15, 0.2) is 0 Å². The number of rotatable bonds is 7. The minimum atomic E-state index is -0.975. The molecule has 72 valence electrons. The molecule has 6 N–H and O–H groups in total. The van der Waals surface area contributed by atoms with E-state index in [1.807, 2.05) is 0 Å². The Morgan fingerprint density at radius 2 is 2.25 bits per heavy atom. The highest BCUT2D eigenvalue weighted by molar-refractivity contribution is 5.73. The molecule has 0 aliphatic carbocycles. The number of nitrogens with one attached hydrogen (secondary N) is 1. The van der Waals surface area contributed by atoms with E-state index >= 15 is 0 Å². The lowest BCUT2D eigenvalue weighted by atomic mass is 10.1. The average molecular weight is 177 g/mol. The number of hydrogen-bond donors (Lipinski definition) is 4. The van der Waals surface area contributed by atoms with Crippen LogP contribution in [0.25, 0.3) is 0 Å². The van der Waals surface area contributed by atoms with Crippen LogP contribution in [0.3, 0.4) is 0 Å². The fourth-order valence-corrected chi connectivity index (χ4v) is 0.808. The van der Waals surface area contributed by atoms with Crippen LogP contribution in [0, 0.1) is 0 Å². The first-order valence-corrected chi connectivity index (χ1v) is 3.76. The van der Waals surface area contributed by atoms with Crippen LogP contribution in [-0.2, 0) is 9.73 Å². The summed E-state index contributed by atoms with van der Waals surface area (Å²) >= 11 is 0. The maximum absolute atomic E-state index is 10.5. The molecule has 0 bridgehead atoms. The van der Waals surface area contributed by atoms with E-state index in [9.17, 15) is 4.79 Å². The van der Waals surface area contributed by atoms with Gasteiger partial charge in [0.2, 0.25) is 0 Å². The molecule has 6 heteroatoms. The zero-order valence-corrected chi connectivity index (χ0v) is 6.82. The number of carbonyl (C=O) groups is 1. The maximum Gasteiger partial charge on any atom is 0.323 e. The van der Waals surface area contributed by atoms with Gasteiger partial charge in [-0.05, 0) is 25.8 Å². The summed E-state index contributed by atoms with van der Waals surface area (Å²) in [4.78, 5) is 14.5. The number of hydrogen-bond acceptors (Lipinski definition) is 5. The molecular weight excluding hydrogens is 162 g/mol. The Hall–Kier alpha value is -0.690. The smallest absolute Gasteiger partial charge is 0.323 e. The Morgan fingerprint density at radius 1 is 1.58 bits per heavy atom. The molecule has 6 nitrogen and oxygen atoms in total. The summed E-state index contributed by atoms with van der Waals surface area (Å²) in [5, 5.41) is 8.57. The molecule has 0 unspecified atom stereocenters. The molecule has 0 amide bonds. The van der Waals surface area contributed by atoms with Crippen LogP contribution in [0.1, 0.15) is 19.3 Å². The number of unbranched alkanes of at least 4 members (excludes halogenated alkanes) is 1. The van der Waals surface area contributed by atoms with E-state index in [0.29, 0.717) is 13.0 Å². The molecule has 0 saturated heterocycles. The lowest BCUT2D eigenvalue weighted by Crippen LogP contribution is -2.38. The Labute approximate surface area is 70.8 Å². The summed E-state index contributed by atoms with van der Waals surface area (Å²) in [5.74, 6) is 3.70. The van der Waals surface area contributed by atoms with Gasteiger partial charge in [-0.3, -0.25) is 4.79 Å². The zero-order valence-electron chi connectivity index (χ0n) is 6.82. The first-order valence-electron chi connectivity index (χ1n) is 3.76. The molecule has 0 heterocycles. The van der Waals surface area contributed by atoms with E-state index in [1.165, 1.54) is 0 Å². The molecule has 0 spiro atoms. The van der Waals surface area contributed by atoms with E-state index in [1.54, 1.807) is 0 Å². The SMILES string of the molecule is NCCCC[C@H](NON)C(=O)O. The van der Waals surface area contributed by atoms with Gasteiger partial charge in [-0.1, -0.05) is 0 Å². The van der Waals surface area contributed by atoms with Gasteiger partial charge in [0, 0.05) is 0 Å². The fraction of sp³-hybridized carbons (Fsp3) is 0.833. The number of carboxylic acid groups (broad SMARTS) is 1. The van der Waals surface area contributed by atoms with Gasteiger partial charge < -0.3 is 10.8 Å². The number of nitrogens with two attached hydrogens (primary N) is 2. The number of aliphatic carboxylic acids is 1. The minimum Gasteiger partial charge on any atom is -0.480 e. The maximum atomic E-state index is 10.5. The van der Waals surface area contributed by atoms with Crippen LogP contribution in [0.2, 0.25) is 0 Å². The van der Waals surface area contributed by atoms with Crippen molar-refractivity contribution in [2.45, 2.75) is 25.3 Å². The summed E-state index contributed by atoms with van der Waals surface area (Å²) in [6, 6.07) is -0.749. The van der Waals surface area contributed by atoms with Crippen molar-refractivity contribution < 1.29 is 14.8 Å². The van der Waals surface area contributed by atoms with Crippen LogP contribution in [-0.4, -0.2) is 23.7 Å². The van der Waals surface area contributed by atoms with Crippen molar-refractivity contribution in [2.75, 3.05) is 6.54 Å². The molecular formula is C6H15N3O3. The molecule has 0 rings (SSSR count). The molecule has 1 atom stereocenters. The lowest BCUT2D eigenvalue weighted by Gasteiger charge is -2.10. The van der Waals surface area contributed by atoms with Crippen LogP contribution in [0.5, 0.6) is 0 Å². The number of carboxylic acids is 1. The largest absolute Gasteiger partial charge is 0.480 e. The predicted molar refractivity (Wildman–Crippen MR) is 42.7 cm³/mol. The Bertz CT molecular complexity index is 131. The molecule has 0 radical (unpaired) electrons. The monoisotopic (exact) mass is 177 g/mol. The van der Waals surface area contributed by atoms with Crippen molar-refractivity contribution in [2.24, 2.45) is 11.6 Å². The third kappa shape index (κ3) is 5.03. The van der Waals surface area contributed by atoms with E-state index < -0.39 is 12.0 Å². The molecule has 0 aromatic rings. The molecule has 0 aromatic carbocycles. The quantitative estimate of drug-likeness (QED) is 0.292. The van der Waals surface area contributed by atoms with E-state index in [2.05, 4.69) is 16.3 Å². The summed E-state index contributed by atoms with van der Waals surface area (Å²) in [7, 11) is 0. The van der Waals surface area contributed by atoms with Gasteiger partial charge in [-0.15, -0.1) is 0 Å². The first kappa shape index (κ1) is 11.3. The summed E-state index contributed by atoms with van der Waals surface area (Å²) < 4.78 is 0. The fourth-order valence-electron chi connectivity index (χ4n) is 0.808. The van der Waals surface area contributed by atoms with Gasteiger partial charge in [-0.25, -0.2) is 4.94 Å². The van der Waals surface area contributed by atoms with Crippen molar-refractivity contribution in [3.63, 3.8) is 0 Å². The molecule has 12 heavy (non-hydrogen) atoms. The highest BCUT2D eigenvalue weighted by Crippen LogP contribution is 1.99. The van der Waals surface area contributed by atoms with Crippen LogP contribution in [0.4, 0.5) is 0 Å². The molecule has 0 saturated carbocycles. The normalized spacial score (nSPS) is 12.8. The van der Waals surface area contributed by atoms with Crippen LogP contribution < -0.4 is 17.1 Å². The zero-order chi connectivity index (χ0) is 9.40. The van der Waals surface area contributed by atoms with Crippen LogP contribution >= 0.6 is 0 Å². The minimum absolute atomic E-state index is 0.462. The van der Waals surface area contributed by atoms with Crippen molar-refractivity contribution >= 4 is 5.97 Å². The van der Waals surface area contributed by atoms with Gasteiger partial charge in [0.25, 0.3) is 0 Å². The Kier molecular flexibility index (Phi) is 6.58. The Balaban J connectivity index is 3.56. The topological polar surface area (TPSA) is 111 Å². The lowest BCUT2D eigenvalue weighted by molar-refractivity contribution is -0.144. The first-order chi connectivity index (χ1) is 5.72. The highest BCUT2D eigenvalue weighted by Gasteiger charge is 2.15. The summed E-state index contributed by atoms with van der Waals surface area (Å²) in [6.07, 6.45) is 2.00. The van der Waals surface area contributed by atoms with Gasteiger partial charge >= 0.3 is 5.97 Å². The number of hydroxylamine groups is 1. The van der Waals surface area contributed by atoms with E-state index in [4.69, 9.17) is 10.8 Å². The third-order valence-electron chi connectivity index (χ3n) is 1.46. The molecule has 0 aromatic heterocycles. The van der Waals surface area contributed by atoms with Crippen molar-refractivity contribution in [1.82, 2.24) is 5.48 Å². The molecule has 0 aliphatic heterocycles. The second kappa shape index (κ2) is 6.99. The second-order valence-corrected chi connectivity index (χ2v) is 2.41. The van der Waals surface area contributed by atoms with Crippen molar-refractivity contribution in [3.8, 4) is 0 Å². The standard InChI is InChI=1S/C6H15N3O3/c7-4-2-1-3-5(6(10)11)9-12-8/h5,9H,1-4,7-8H2,(H,10,11)/t5-/m0/s1. The molecule has 0 fully saturated rings. The van der Waals surface area contributed by atoms with Gasteiger partial charge in [-0.2, -0.15) is 11.4 Å². The Morgan fingerprint density at radius 3 is 2.67 bits per heavy atom. The average Bonchev–Trinajstić information content (AvgIpc) is 2.03. The van der Waals surface area contributed by atoms with Gasteiger partial charge in [0.15, 0.2) is 0 Å². The molecule has 0 aliphatic rings. The van der Waals surface area contributed by atoms with Crippen molar-refractivity contribution in [3.05, 3.63) is 0 Å². The second-order valence-electron chi connectivity index (χ2n) is 2.41. The summed E-state index contributed by atoms with van der Waals surface area (Å²) in [5.41, 5.74) is 7.42. The van der Waals surface area contributed by atoms with Crippen molar-refractivity contribution in [1.29, 1.82) is 0 Å². The highest BCUT2D eigenvalue weighted by atomic mass is 16.8.